The summed E-state index contributed by atoms with van der Waals surface area (Å²) in [6.07, 6.45) is -0.733. The zero-order valence-electron chi connectivity index (χ0n) is 9.61. The maximum Gasteiger partial charge on any atom is 0.258 e. The first kappa shape index (κ1) is 13.5. The molecule has 0 aliphatic rings. The third-order valence-electron chi connectivity index (χ3n) is 2.20. The van der Waals surface area contributed by atoms with Crippen molar-refractivity contribution >= 4 is 21.8 Å². The van der Waals surface area contributed by atoms with Crippen LogP contribution in [-0.2, 0) is 4.79 Å². The van der Waals surface area contributed by atoms with Crippen LogP contribution in [0.15, 0.2) is 22.7 Å². The second-order valence-corrected chi connectivity index (χ2v) is 4.85. The van der Waals surface area contributed by atoms with Crippen molar-refractivity contribution in [1.29, 1.82) is 5.26 Å². The van der Waals surface area contributed by atoms with Gasteiger partial charge in [-0.15, -0.1) is 0 Å². The monoisotopic (exact) mass is 296 g/mol. The highest BCUT2D eigenvalue weighted by Gasteiger charge is 2.22. The molecule has 1 aromatic rings. The van der Waals surface area contributed by atoms with Crippen molar-refractivity contribution in [2.45, 2.75) is 20.0 Å². The molecule has 17 heavy (non-hydrogen) atoms. The normalized spacial score (nSPS) is 11.9. The maximum absolute atomic E-state index is 11.2. The van der Waals surface area contributed by atoms with E-state index in [0.717, 1.165) is 4.47 Å². The van der Waals surface area contributed by atoms with Crippen LogP contribution in [0.25, 0.3) is 0 Å². The van der Waals surface area contributed by atoms with Gasteiger partial charge >= 0.3 is 0 Å². The first-order valence-corrected chi connectivity index (χ1v) is 5.90. The van der Waals surface area contributed by atoms with Crippen molar-refractivity contribution in [3.05, 3.63) is 28.2 Å². The number of carbonyl (C=O) groups excluding carboxylic acids is 1. The number of benzene rings is 1. The summed E-state index contributed by atoms with van der Waals surface area (Å²) in [5, 5.41) is 8.97. The molecule has 90 valence electrons. The van der Waals surface area contributed by atoms with Crippen LogP contribution < -0.4 is 10.5 Å². The number of rotatable bonds is 4. The minimum atomic E-state index is -0.733. The van der Waals surface area contributed by atoms with Gasteiger partial charge in [0.05, 0.1) is 5.56 Å². The summed E-state index contributed by atoms with van der Waals surface area (Å²) in [4.78, 5) is 11.2. The van der Waals surface area contributed by atoms with Gasteiger partial charge in [0.15, 0.2) is 6.10 Å². The molecule has 0 fully saturated rings. The summed E-state index contributed by atoms with van der Waals surface area (Å²) in [5.41, 5.74) is 5.62. The molecule has 0 radical (unpaired) electrons. The van der Waals surface area contributed by atoms with E-state index in [0.29, 0.717) is 11.3 Å². The van der Waals surface area contributed by atoms with Gasteiger partial charge in [0.2, 0.25) is 0 Å². The summed E-state index contributed by atoms with van der Waals surface area (Å²) in [6.45, 7) is 3.67. The largest absolute Gasteiger partial charge is 0.479 e. The van der Waals surface area contributed by atoms with Crippen LogP contribution in [0, 0.1) is 17.2 Å². The molecule has 2 N–H and O–H groups in total. The number of nitrogens with zero attached hydrogens (tertiary/aromatic N) is 1. The Balaban J connectivity index is 3.02. The van der Waals surface area contributed by atoms with E-state index in [1.165, 1.54) is 0 Å². The van der Waals surface area contributed by atoms with Crippen LogP contribution in [0.5, 0.6) is 5.75 Å². The van der Waals surface area contributed by atoms with Crippen molar-refractivity contribution in [2.24, 2.45) is 11.7 Å². The van der Waals surface area contributed by atoms with E-state index in [2.05, 4.69) is 15.9 Å². The highest BCUT2D eigenvalue weighted by atomic mass is 79.9. The molecule has 4 nitrogen and oxygen atoms in total. The Morgan fingerprint density at radius 3 is 2.65 bits per heavy atom. The minimum Gasteiger partial charge on any atom is -0.479 e. The number of hydrogen-bond donors (Lipinski definition) is 1. The standard InChI is InChI=1S/C12H13BrN2O2/c1-7(2)11(12(15)16)17-10-4-3-9(13)5-8(10)6-14/h3-5,7,11H,1-2H3,(H2,15,16)/t11-/m0/s1. The van der Waals surface area contributed by atoms with Gasteiger partial charge in [0, 0.05) is 4.47 Å². The lowest BCUT2D eigenvalue weighted by Gasteiger charge is -2.19. The molecule has 1 aromatic carbocycles. The highest BCUT2D eigenvalue weighted by molar-refractivity contribution is 9.10. The third-order valence-corrected chi connectivity index (χ3v) is 2.70. The van der Waals surface area contributed by atoms with E-state index >= 15 is 0 Å². The van der Waals surface area contributed by atoms with Gasteiger partial charge in [-0.25, -0.2) is 0 Å². The zero-order chi connectivity index (χ0) is 13.0. The van der Waals surface area contributed by atoms with Crippen LogP contribution in [-0.4, -0.2) is 12.0 Å². The second kappa shape index (κ2) is 5.69. The molecule has 0 saturated carbocycles. The van der Waals surface area contributed by atoms with E-state index in [1.54, 1.807) is 18.2 Å². The molecule has 0 unspecified atom stereocenters. The van der Waals surface area contributed by atoms with Crippen LogP contribution in [0.4, 0.5) is 0 Å². The molecule has 0 aromatic heterocycles. The van der Waals surface area contributed by atoms with E-state index in [1.807, 2.05) is 19.9 Å². The van der Waals surface area contributed by atoms with Gasteiger partial charge in [-0.1, -0.05) is 29.8 Å². The van der Waals surface area contributed by atoms with E-state index in [4.69, 9.17) is 15.7 Å². The summed E-state index contributed by atoms with van der Waals surface area (Å²) in [7, 11) is 0. The van der Waals surface area contributed by atoms with Crippen molar-refractivity contribution in [1.82, 2.24) is 0 Å². The van der Waals surface area contributed by atoms with Gasteiger partial charge < -0.3 is 10.5 Å². The fourth-order valence-electron chi connectivity index (χ4n) is 1.35. The van der Waals surface area contributed by atoms with Crippen molar-refractivity contribution in [3.63, 3.8) is 0 Å². The average molecular weight is 297 g/mol. The third kappa shape index (κ3) is 3.46. The molecule has 0 saturated heterocycles. The van der Waals surface area contributed by atoms with Crippen LogP contribution in [0.2, 0.25) is 0 Å². The molecule has 0 spiro atoms. The molecular formula is C12H13BrN2O2. The van der Waals surface area contributed by atoms with E-state index < -0.39 is 12.0 Å². The average Bonchev–Trinajstić information content (AvgIpc) is 2.26. The number of ether oxygens (including phenoxy) is 1. The Bertz CT molecular complexity index is 466. The van der Waals surface area contributed by atoms with Gasteiger partial charge in [-0.2, -0.15) is 5.26 Å². The summed E-state index contributed by atoms with van der Waals surface area (Å²) in [5.74, 6) is -0.220. The maximum atomic E-state index is 11.2. The highest BCUT2D eigenvalue weighted by Crippen LogP contribution is 2.24. The SMILES string of the molecule is CC(C)[C@H](Oc1ccc(Br)cc1C#N)C(N)=O. The number of amides is 1. The Morgan fingerprint density at radius 2 is 2.18 bits per heavy atom. The van der Waals surface area contributed by atoms with Crippen molar-refractivity contribution in [3.8, 4) is 11.8 Å². The van der Waals surface area contributed by atoms with Crippen LogP contribution >= 0.6 is 15.9 Å². The number of nitriles is 1. The zero-order valence-corrected chi connectivity index (χ0v) is 11.2. The fraction of sp³-hybridized carbons (Fsp3) is 0.333. The summed E-state index contributed by atoms with van der Waals surface area (Å²) >= 11 is 3.26. The molecule has 0 aliphatic heterocycles. The quantitative estimate of drug-likeness (QED) is 0.925. The van der Waals surface area contributed by atoms with Gasteiger partial charge in [0.1, 0.15) is 11.8 Å². The Kier molecular flexibility index (Phi) is 4.53. The Labute approximate surface area is 108 Å². The van der Waals surface area contributed by atoms with Crippen molar-refractivity contribution < 1.29 is 9.53 Å². The van der Waals surface area contributed by atoms with Gasteiger partial charge in [-0.05, 0) is 24.1 Å². The van der Waals surface area contributed by atoms with Gasteiger partial charge in [-0.3, -0.25) is 4.79 Å². The fourth-order valence-corrected chi connectivity index (χ4v) is 1.71. The van der Waals surface area contributed by atoms with Gasteiger partial charge in [0.25, 0.3) is 5.91 Å². The predicted molar refractivity (Wildman–Crippen MR) is 67.3 cm³/mol. The smallest absolute Gasteiger partial charge is 0.258 e. The first-order chi connectivity index (χ1) is 7.95. The molecule has 0 aliphatic carbocycles. The summed E-state index contributed by atoms with van der Waals surface area (Å²) in [6, 6.07) is 7.03. The lowest BCUT2D eigenvalue weighted by molar-refractivity contribution is -0.126. The van der Waals surface area contributed by atoms with Crippen molar-refractivity contribution in [2.75, 3.05) is 0 Å². The number of hydrogen-bond acceptors (Lipinski definition) is 3. The number of halogens is 1. The lowest BCUT2D eigenvalue weighted by Crippen LogP contribution is -2.38. The molecule has 0 bridgehead atoms. The molecule has 0 heterocycles. The molecular weight excluding hydrogens is 284 g/mol. The predicted octanol–water partition coefficient (Wildman–Crippen LogP) is 2.21. The molecule has 1 rings (SSSR count). The number of primary amides is 1. The minimum absolute atomic E-state index is 0.0531. The molecule has 5 heteroatoms. The van der Waals surface area contributed by atoms with E-state index in [9.17, 15) is 4.79 Å². The Morgan fingerprint density at radius 1 is 1.53 bits per heavy atom. The second-order valence-electron chi connectivity index (χ2n) is 3.94. The lowest BCUT2D eigenvalue weighted by atomic mass is 10.1. The topological polar surface area (TPSA) is 76.1 Å². The summed E-state index contributed by atoms with van der Waals surface area (Å²) < 4.78 is 6.28. The first-order valence-electron chi connectivity index (χ1n) is 5.11. The Hall–Kier alpha value is -1.54. The van der Waals surface area contributed by atoms with Crippen LogP contribution in [0.1, 0.15) is 19.4 Å². The molecule has 1 atom stereocenters. The molecule has 1 amide bonds. The van der Waals surface area contributed by atoms with Crippen LogP contribution in [0.3, 0.4) is 0 Å². The number of nitrogens with two attached hydrogens (primary N) is 1. The number of carbonyl (C=O) groups is 1. The van der Waals surface area contributed by atoms with E-state index in [-0.39, 0.29) is 5.92 Å².